The van der Waals surface area contributed by atoms with E-state index in [2.05, 4.69) is 15.9 Å². The molecule has 2 aromatic carbocycles. The van der Waals surface area contributed by atoms with E-state index in [0.29, 0.717) is 11.4 Å². The first kappa shape index (κ1) is 14.7. The zero-order valence-electron chi connectivity index (χ0n) is 10.4. The molecule has 0 aromatic heterocycles. The lowest BCUT2D eigenvalue weighted by molar-refractivity contribution is 0.414. The minimum Gasteiger partial charge on any atom is -0.497 e. The maximum atomic E-state index is 6.47. The molecule has 4 heteroatoms. The van der Waals surface area contributed by atoms with Crippen LogP contribution < -0.4 is 4.74 Å². The maximum Gasteiger partial charge on any atom is 0.119 e. The van der Waals surface area contributed by atoms with Gasteiger partial charge in [0.05, 0.1) is 17.5 Å². The minimum absolute atomic E-state index is 0.169. The molecular weight excluding hydrogens is 347 g/mol. The fraction of sp³-hybridized carbons (Fsp3) is 0.200. The molecule has 0 aliphatic rings. The van der Waals surface area contributed by atoms with E-state index >= 15 is 0 Å². The number of halogens is 3. The highest BCUT2D eigenvalue weighted by molar-refractivity contribution is 9.10. The molecule has 0 N–H and O–H groups in total. The monoisotopic (exact) mass is 358 g/mol. The fourth-order valence-corrected chi connectivity index (χ4v) is 2.93. The lowest BCUT2D eigenvalue weighted by atomic mass is 10.0. The Kier molecular flexibility index (Phi) is 5.14. The van der Waals surface area contributed by atoms with Crippen LogP contribution in [0, 0.1) is 0 Å². The molecule has 0 saturated carbocycles. The van der Waals surface area contributed by atoms with E-state index in [9.17, 15) is 0 Å². The lowest BCUT2D eigenvalue weighted by Gasteiger charge is -2.13. The summed E-state index contributed by atoms with van der Waals surface area (Å²) in [6.07, 6.45) is 0.703. The quantitative estimate of drug-likeness (QED) is 0.642. The average molecular weight is 360 g/mol. The normalized spacial score (nSPS) is 12.2. The molecule has 0 fully saturated rings. The number of ether oxygens (including phenoxy) is 1. The molecular formula is C15H13BrCl2O. The van der Waals surface area contributed by atoms with Gasteiger partial charge in [0.15, 0.2) is 0 Å². The van der Waals surface area contributed by atoms with Crippen molar-refractivity contribution in [1.29, 1.82) is 0 Å². The highest BCUT2D eigenvalue weighted by Crippen LogP contribution is 2.35. The van der Waals surface area contributed by atoms with Crippen LogP contribution in [0.3, 0.4) is 0 Å². The van der Waals surface area contributed by atoms with Gasteiger partial charge in [-0.15, -0.1) is 11.6 Å². The molecule has 1 nitrogen and oxygen atoms in total. The molecule has 100 valence electrons. The van der Waals surface area contributed by atoms with Gasteiger partial charge in [0.1, 0.15) is 5.75 Å². The Hall–Kier alpha value is -0.700. The Labute approximate surface area is 131 Å². The largest absolute Gasteiger partial charge is 0.497 e. The highest BCUT2D eigenvalue weighted by atomic mass is 79.9. The molecule has 2 aromatic rings. The standard InChI is InChI=1S/C15H13BrCl2O/c1-19-11-5-2-4-10(8-11)9-14(17)12-6-3-7-13(16)15(12)18/h2-8,14H,9H2,1H3. The van der Waals surface area contributed by atoms with E-state index in [4.69, 9.17) is 27.9 Å². The van der Waals surface area contributed by atoms with Crippen molar-refractivity contribution in [2.75, 3.05) is 7.11 Å². The van der Waals surface area contributed by atoms with Crippen molar-refractivity contribution in [3.8, 4) is 5.75 Å². The van der Waals surface area contributed by atoms with Gasteiger partial charge in [0.2, 0.25) is 0 Å². The van der Waals surface area contributed by atoms with Gasteiger partial charge in [-0.2, -0.15) is 0 Å². The Morgan fingerprint density at radius 1 is 1.21 bits per heavy atom. The van der Waals surface area contributed by atoms with E-state index in [1.54, 1.807) is 7.11 Å². The number of benzene rings is 2. The molecule has 0 amide bonds. The van der Waals surface area contributed by atoms with E-state index in [1.807, 2.05) is 42.5 Å². The summed E-state index contributed by atoms with van der Waals surface area (Å²) in [6.45, 7) is 0. The molecule has 0 heterocycles. The first-order valence-electron chi connectivity index (χ1n) is 5.82. The summed E-state index contributed by atoms with van der Waals surface area (Å²) in [7, 11) is 1.66. The first-order valence-corrected chi connectivity index (χ1v) is 7.43. The van der Waals surface area contributed by atoms with E-state index in [-0.39, 0.29) is 5.38 Å². The van der Waals surface area contributed by atoms with Crippen molar-refractivity contribution in [2.24, 2.45) is 0 Å². The van der Waals surface area contributed by atoms with Crippen molar-refractivity contribution in [1.82, 2.24) is 0 Å². The molecule has 0 saturated heterocycles. The second kappa shape index (κ2) is 6.65. The van der Waals surface area contributed by atoms with Gasteiger partial charge in [-0.05, 0) is 51.7 Å². The third kappa shape index (κ3) is 3.65. The van der Waals surface area contributed by atoms with Gasteiger partial charge in [-0.25, -0.2) is 0 Å². The van der Waals surface area contributed by atoms with Gasteiger partial charge in [0, 0.05) is 4.47 Å². The summed E-state index contributed by atoms with van der Waals surface area (Å²) < 4.78 is 6.07. The maximum absolute atomic E-state index is 6.47. The number of alkyl halides is 1. The third-order valence-electron chi connectivity index (χ3n) is 2.87. The summed E-state index contributed by atoms with van der Waals surface area (Å²) in [5, 5.41) is 0.502. The Morgan fingerprint density at radius 3 is 2.68 bits per heavy atom. The van der Waals surface area contributed by atoms with Gasteiger partial charge in [0.25, 0.3) is 0 Å². The van der Waals surface area contributed by atoms with Crippen LogP contribution in [0.2, 0.25) is 5.02 Å². The highest BCUT2D eigenvalue weighted by Gasteiger charge is 2.14. The van der Waals surface area contributed by atoms with Gasteiger partial charge in [-0.3, -0.25) is 0 Å². The van der Waals surface area contributed by atoms with Crippen LogP contribution in [0.5, 0.6) is 5.75 Å². The first-order chi connectivity index (χ1) is 9.11. The number of hydrogen-bond donors (Lipinski definition) is 0. The van der Waals surface area contributed by atoms with Crippen LogP contribution in [0.25, 0.3) is 0 Å². The van der Waals surface area contributed by atoms with Crippen LogP contribution in [0.4, 0.5) is 0 Å². The Balaban J connectivity index is 2.20. The number of rotatable bonds is 4. The zero-order chi connectivity index (χ0) is 13.8. The summed E-state index contributed by atoms with van der Waals surface area (Å²) in [6, 6.07) is 13.7. The minimum atomic E-state index is -0.169. The van der Waals surface area contributed by atoms with Crippen LogP contribution in [-0.4, -0.2) is 7.11 Å². The van der Waals surface area contributed by atoms with Crippen molar-refractivity contribution < 1.29 is 4.74 Å². The fourth-order valence-electron chi connectivity index (χ4n) is 1.88. The van der Waals surface area contributed by atoms with E-state index in [1.165, 1.54) is 0 Å². The number of methoxy groups -OCH3 is 1. The SMILES string of the molecule is COc1cccc(CC(Cl)c2cccc(Br)c2Cl)c1. The summed E-state index contributed by atoms with van der Waals surface area (Å²) in [5.41, 5.74) is 2.05. The lowest BCUT2D eigenvalue weighted by Crippen LogP contribution is -1.97. The van der Waals surface area contributed by atoms with Crippen molar-refractivity contribution in [3.05, 3.63) is 63.1 Å². The summed E-state index contributed by atoms with van der Waals surface area (Å²) >= 11 is 16.1. The molecule has 0 spiro atoms. The van der Waals surface area contributed by atoms with Crippen molar-refractivity contribution in [2.45, 2.75) is 11.8 Å². The summed E-state index contributed by atoms with van der Waals surface area (Å²) in [5.74, 6) is 0.835. The van der Waals surface area contributed by atoms with Crippen LogP contribution in [0.15, 0.2) is 46.9 Å². The Morgan fingerprint density at radius 2 is 1.95 bits per heavy atom. The van der Waals surface area contributed by atoms with Gasteiger partial charge in [-0.1, -0.05) is 35.9 Å². The summed E-state index contributed by atoms with van der Waals surface area (Å²) in [4.78, 5) is 0. The molecule has 0 radical (unpaired) electrons. The van der Waals surface area contributed by atoms with Crippen molar-refractivity contribution >= 4 is 39.1 Å². The number of hydrogen-bond acceptors (Lipinski definition) is 1. The average Bonchev–Trinajstić information content (AvgIpc) is 2.42. The molecule has 0 aliphatic carbocycles. The van der Waals surface area contributed by atoms with E-state index < -0.39 is 0 Å². The molecule has 1 unspecified atom stereocenters. The third-order valence-corrected chi connectivity index (χ3v) is 4.57. The molecule has 2 rings (SSSR count). The van der Waals surface area contributed by atoms with E-state index in [0.717, 1.165) is 21.3 Å². The molecule has 0 bridgehead atoms. The van der Waals surface area contributed by atoms with Crippen molar-refractivity contribution in [3.63, 3.8) is 0 Å². The Bertz CT molecular complexity index is 572. The second-order valence-corrected chi connectivity index (χ2v) is 5.93. The van der Waals surface area contributed by atoms with Crippen LogP contribution in [0.1, 0.15) is 16.5 Å². The van der Waals surface area contributed by atoms with Crippen LogP contribution in [-0.2, 0) is 6.42 Å². The van der Waals surface area contributed by atoms with Gasteiger partial charge >= 0.3 is 0 Å². The molecule has 0 aliphatic heterocycles. The zero-order valence-corrected chi connectivity index (χ0v) is 13.5. The van der Waals surface area contributed by atoms with Gasteiger partial charge < -0.3 is 4.74 Å². The topological polar surface area (TPSA) is 9.23 Å². The predicted molar refractivity (Wildman–Crippen MR) is 84.4 cm³/mol. The molecule has 1 atom stereocenters. The predicted octanol–water partition coefficient (Wildman–Crippen LogP) is 5.63. The van der Waals surface area contributed by atoms with Crippen LogP contribution >= 0.6 is 39.1 Å². The second-order valence-electron chi connectivity index (χ2n) is 4.17. The molecule has 19 heavy (non-hydrogen) atoms. The smallest absolute Gasteiger partial charge is 0.119 e.